The summed E-state index contributed by atoms with van der Waals surface area (Å²) >= 11 is 1.78. The average Bonchev–Trinajstić information content (AvgIpc) is 2.02. The molecule has 0 aromatic heterocycles. The number of halogens is 1. The number of hydrogen-bond donors (Lipinski definition) is 1. The van der Waals surface area contributed by atoms with Crippen LogP contribution in [0.5, 0.6) is 0 Å². The highest BCUT2D eigenvalue weighted by molar-refractivity contribution is 8.01. The van der Waals surface area contributed by atoms with Gasteiger partial charge in [0.15, 0.2) is 0 Å². The van der Waals surface area contributed by atoms with E-state index in [1.165, 1.54) is 6.07 Å². The molecule has 1 aliphatic rings. The van der Waals surface area contributed by atoms with Crippen molar-refractivity contribution < 1.29 is 4.39 Å². The number of rotatable bonds is 1. The van der Waals surface area contributed by atoms with E-state index in [0.717, 1.165) is 11.3 Å². The van der Waals surface area contributed by atoms with Crippen molar-refractivity contribution in [2.75, 3.05) is 5.75 Å². The average molecular weight is 183 g/mol. The summed E-state index contributed by atoms with van der Waals surface area (Å²) in [5, 5.41) is 0.306. The van der Waals surface area contributed by atoms with Crippen LogP contribution in [0.3, 0.4) is 0 Å². The zero-order valence-electron chi connectivity index (χ0n) is 6.53. The molecule has 0 aliphatic carbocycles. The lowest BCUT2D eigenvalue weighted by Crippen LogP contribution is -2.37. The molecular formula is C9H10FNS. The third-order valence-corrected chi connectivity index (χ3v) is 3.59. The van der Waals surface area contributed by atoms with Gasteiger partial charge < -0.3 is 5.73 Å². The van der Waals surface area contributed by atoms with Gasteiger partial charge in [-0.15, -0.1) is 0 Å². The summed E-state index contributed by atoms with van der Waals surface area (Å²) in [6, 6.07) is 6.89. The maximum absolute atomic E-state index is 12.8. The van der Waals surface area contributed by atoms with E-state index in [-0.39, 0.29) is 11.9 Å². The molecular weight excluding hydrogens is 173 g/mol. The second-order valence-corrected chi connectivity index (χ2v) is 4.15. The second kappa shape index (κ2) is 3.07. The fourth-order valence-corrected chi connectivity index (χ4v) is 2.28. The highest BCUT2D eigenvalue weighted by Crippen LogP contribution is 2.41. The molecule has 3 heteroatoms. The van der Waals surface area contributed by atoms with Crippen LogP contribution in [0.15, 0.2) is 24.3 Å². The molecule has 64 valence electrons. The summed E-state index contributed by atoms with van der Waals surface area (Å²) in [7, 11) is 0. The Morgan fingerprint density at radius 2 is 2.33 bits per heavy atom. The highest BCUT2D eigenvalue weighted by Gasteiger charge is 2.29. The normalized spacial score (nSPS) is 28.2. The summed E-state index contributed by atoms with van der Waals surface area (Å²) in [6.07, 6.45) is 0. The predicted molar refractivity (Wildman–Crippen MR) is 49.6 cm³/mol. The van der Waals surface area contributed by atoms with Gasteiger partial charge in [-0.25, -0.2) is 4.39 Å². The first-order chi connectivity index (χ1) is 5.77. The Hall–Kier alpha value is -0.540. The molecule has 1 aromatic rings. The van der Waals surface area contributed by atoms with Crippen LogP contribution in [-0.4, -0.2) is 11.8 Å². The third-order valence-electron chi connectivity index (χ3n) is 2.03. The van der Waals surface area contributed by atoms with Crippen LogP contribution < -0.4 is 5.73 Å². The maximum Gasteiger partial charge on any atom is 0.123 e. The lowest BCUT2D eigenvalue weighted by molar-refractivity contribution is 0.619. The Morgan fingerprint density at radius 1 is 1.50 bits per heavy atom. The highest BCUT2D eigenvalue weighted by atomic mass is 32.2. The van der Waals surface area contributed by atoms with Crippen molar-refractivity contribution in [2.45, 2.75) is 11.3 Å². The van der Waals surface area contributed by atoms with Gasteiger partial charge in [-0.3, -0.25) is 0 Å². The number of hydrogen-bond acceptors (Lipinski definition) is 2. The van der Waals surface area contributed by atoms with E-state index < -0.39 is 0 Å². The van der Waals surface area contributed by atoms with Crippen LogP contribution in [0.1, 0.15) is 10.8 Å². The van der Waals surface area contributed by atoms with E-state index in [0.29, 0.717) is 5.25 Å². The predicted octanol–water partition coefficient (Wildman–Crippen LogP) is 1.94. The monoisotopic (exact) mass is 183 g/mol. The molecule has 2 unspecified atom stereocenters. The van der Waals surface area contributed by atoms with Crippen molar-refractivity contribution >= 4 is 11.8 Å². The van der Waals surface area contributed by atoms with Crippen LogP contribution in [0.2, 0.25) is 0 Å². The van der Waals surface area contributed by atoms with Crippen molar-refractivity contribution in [3.63, 3.8) is 0 Å². The SMILES string of the molecule is NC1CSC1c1cccc(F)c1. The molecule has 0 amide bonds. The maximum atomic E-state index is 12.8. The Labute approximate surface area is 75.1 Å². The van der Waals surface area contributed by atoms with Crippen LogP contribution in [-0.2, 0) is 0 Å². The zero-order chi connectivity index (χ0) is 8.55. The molecule has 1 saturated heterocycles. The molecule has 12 heavy (non-hydrogen) atoms. The zero-order valence-corrected chi connectivity index (χ0v) is 7.35. The summed E-state index contributed by atoms with van der Waals surface area (Å²) in [5.41, 5.74) is 6.77. The van der Waals surface area contributed by atoms with Crippen LogP contribution >= 0.6 is 11.8 Å². The quantitative estimate of drug-likeness (QED) is 0.720. The molecule has 1 fully saturated rings. The number of benzene rings is 1. The molecule has 0 bridgehead atoms. The smallest absolute Gasteiger partial charge is 0.123 e. The minimum atomic E-state index is -0.174. The van der Waals surface area contributed by atoms with Crippen molar-refractivity contribution in [2.24, 2.45) is 5.73 Å². The number of nitrogens with two attached hydrogens (primary N) is 1. The first kappa shape index (κ1) is 8.08. The van der Waals surface area contributed by atoms with Gasteiger partial charge in [0.1, 0.15) is 5.82 Å². The standard InChI is InChI=1S/C9H10FNS/c10-7-3-1-2-6(4-7)9-8(11)5-12-9/h1-4,8-9H,5,11H2. The van der Waals surface area contributed by atoms with Crippen molar-refractivity contribution in [3.8, 4) is 0 Å². The van der Waals surface area contributed by atoms with E-state index >= 15 is 0 Å². The van der Waals surface area contributed by atoms with Crippen molar-refractivity contribution in [1.82, 2.24) is 0 Å². The van der Waals surface area contributed by atoms with E-state index in [2.05, 4.69) is 0 Å². The summed E-state index contributed by atoms with van der Waals surface area (Å²) in [5.74, 6) is 0.813. The largest absolute Gasteiger partial charge is 0.326 e. The van der Waals surface area contributed by atoms with E-state index in [1.807, 2.05) is 6.07 Å². The van der Waals surface area contributed by atoms with Crippen LogP contribution in [0, 0.1) is 5.82 Å². The molecule has 1 aromatic carbocycles. The van der Waals surface area contributed by atoms with E-state index in [9.17, 15) is 4.39 Å². The minimum Gasteiger partial charge on any atom is -0.326 e. The minimum absolute atomic E-state index is 0.174. The summed E-state index contributed by atoms with van der Waals surface area (Å²) < 4.78 is 12.8. The Kier molecular flexibility index (Phi) is 2.07. The fraction of sp³-hybridized carbons (Fsp3) is 0.333. The molecule has 0 spiro atoms. The van der Waals surface area contributed by atoms with Crippen molar-refractivity contribution in [3.05, 3.63) is 35.6 Å². The molecule has 1 nitrogen and oxygen atoms in total. The van der Waals surface area contributed by atoms with Gasteiger partial charge in [-0.2, -0.15) is 11.8 Å². The van der Waals surface area contributed by atoms with E-state index in [4.69, 9.17) is 5.73 Å². The van der Waals surface area contributed by atoms with Gasteiger partial charge in [0.25, 0.3) is 0 Å². The van der Waals surface area contributed by atoms with Gasteiger partial charge in [0.05, 0.1) is 0 Å². The van der Waals surface area contributed by atoms with Gasteiger partial charge >= 0.3 is 0 Å². The summed E-state index contributed by atoms with van der Waals surface area (Å²) in [4.78, 5) is 0. The molecule has 1 aliphatic heterocycles. The topological polar surface area (TPSA) is 26.0 Å². The van der Waals surface area contributed by atoms with E-state index in [1.54, 1.807) is 23.9 Å². The van der Waals surface area contributed by atoms with Crippen LogP contribution in [0.4, 0.5) is 4.39 Å². The fourth-order valence-electron chi connectivity index (χ4n) is 1.33. The molecule has 2 atom stereocenters. The first-order valence-corrected chi connectivity index (χ1v) is 4.95. The second-order valence-electron chi connectivity index (χ2n) is 2.97. The third kappa shape index (κ3) is 1.34. The van der Waals surface area contributed by atoms with Gasteiger partial charge in [-0.05, 0) is 17.7 Å². The first-order valence-electron chi connectivity index (χ1n) is 3.90. The molecule has 0 saturated carbocycles. The summed E-state index contributed by atoms with van der Waals surface area (Å²) in [6.45, 7) is 0. The molecule has 2 N–H and O–H groups in total. The lowest BCUT2D eigenvalue weighted by atomic mass is 10.1. The van der Waals surface area contributed by atoms with Gasteiger partial charge in [0.2, 0.25) is 0 Å². The van der Waals surface area contributed by atoms with Gasteiger partial charge in [-0.1, -0.05) is 12.1 Å². The molecule has 2 rings (SSSR count). The molecule has 0 radical (unpaired) electrons. The lowest BCUT2D eigenvalue weighted by Gasteiger charge is -2.33. The molecule has 1 heterocycles. The number of thioether (sulfide) groups is 1. The van der Waals surface area contributed by atoms with Gasteiger partial charge in [0, 0.05) is 17.0 Å². The Bertz CT molecular complexity index is 290. The Balaban J connectivity index is 2.22. The van der Waals surface area contributed by atoms with Crippen molar-refractivity contribution in [1.29, 1.82) is 0 Å². The van der Waals surface area contributed by atoms with Crippen LogP contribution in [0.25, 0.3) is 0 Å². The Morgan fingerprint density at radius 3 is 2.83 bits per heavy atom.